The minimum Gasteiger partial charge on any atom is -0.383 e. The van der Waals surface area contributed by atoms with E-state index >= 15 is 0 Å². The van der Waals surface area contributed by atoms with E-state index in [-0.39, 0.29) is 17.3 Å². The van der Waals surface area contributed by atoms with Crippen molar-refractivity contribution in [1.29, 1.82) is 0 Å². The number of amides is 1. The van der Waals surface area contributed by atoms with Crippen molar-refractivity contribution in [3.8, 4) is 0 Å². The maximum absolute atomic E-state index is 12.4. The summed E-state index contributed by atoms with van der Waals surface area (Å²) < 4.78 is 0. The molecule has 30 heavy (non-hydrogen) atoms. The van der Waals surface area contributed by atoms with Crippen LogP contribution in [-0.2, 0) is 17.6 Å². The summed E-state index contributed by atoms with van der Waals surface area (Å²) in [5.74, 6) is 0.916. The number of thiophene rings is 1. The van der Waals surface area contributed by atoms with Crippen molar-refractivity contribution >= 4 is 56.4 Å². The highest BCUT2D eigenvalue weighted by Gasteiger charge is 2.23. The van der Waals surface area contributed by atoms with Gasteiger partial charge >= 0.3 is 0 Å². The average Bonchev–Trinajstić information content (AvgIpc) is 3.05. The maximum Gasteiger partial charge on any atom is 0.271 e. The Morgan fingerprint density at radius 3 is 3.00 bits per heavy atom. The summed E-state index contributed by atoms with van der Waals surface area (Å²) in [6, 6.07) is 4.38. The molecule has 1 aliphatic rings. The molecular weight excluding hydrogens is 422 g/mol. The van der Waals surface area contributed by atoms with Gasteiger partial charge in [-0.1, -0.05) is 24.8 Å². The number of nitrogens with zero attached hydrogens (tertiary/aromatic N) is 3. The van der Waals surface area contributed by atoms with Crippen LogP contribution in [0.1, 0.15) is 29.3 Å². The lowest BCUT2D eigenvalue weighted by Gasteiger charge is -2.17. The number of carbonyl (C=O) groups excluding carboxylic acids is 1. The Kier molecular flexibility index (Phi) is 5.61. The van der Waals surface area contributed by atoms with Crippen molar-refractivity contribution in [3.05, 3.63) is 44.3 Å². The van der Waals surface area contributed by atoms with Crippen LogP contribution < -0.4 is 11.1 Å². The topological polar surface area (TPSA) is 124 Å². The van der Waals surface area contributed by atoms with Crippen molar-refractivity contribution in [3.63, 3.8) is 0 Å². The first-order valence-electron chi connectivity index (χ1n) is 9.57. The second-order valence-electron chi connectivity index (χ2n) is 7.52. The highest BCUT2D eigenvalue weighted by Crippen LogP contribution is 2.40. The minimum atomic E-state index is -0.489. The minimum absolute atomic E-state index is 0.0684. The lowest BCUT2D eigenvalue weighted by molar-refractivity contribution is -0.384. The van der Waals surface area contributed by atoms with Crippen molar-refractivity contribution in [1.82, 2.24) is 9.97 Å². The molecule has 1 aliphatic carbocycles. The molecule has 2 heterocycles. The number of aromatic nitrogens is 2. The molecule has 2 aromatic heterocycles. The summed E-state index contributed by atoms with van der Waals surface area (Å²) in [5.41, 5.74) is 8.61. The molecule has 10 heteroatoms. The number of nitrogens with one attached hydrogen (secondary N) is 1. The molecule has 0 fully saturated rings. The van der Waals surface area contributed by atoms with Crippen LogP contribution in [-0.4, -0.2) is 26.6 Å². The van der Waals surface area contributed by atoms with Crippen LogP contribution in [0.15, 0.2) is 23.4 Å². The Labute approximate surface area is 181 Å². The zero-order valence-electron chi connectivity index (χ0n) is 16.6. The van der Waals surface area contributed by atoms with Gasteiger partial charge in [0.05, 0.1) is 21.7 Å². The fourth-order valence-electron chi connectivity index (χ4n) is 3.59. The fraction of sp³-hybridized carbons (Fsp3) is 0.350. The van der Waals surface area contributed by atoms with Gasteiger partial charge in [-0.15, -0.1) is 11.3 Å². The van der Waals surface area contributed by atoms with Crippen molar-refractivity contribution in [2.45, 2.75) is 38.3 Å². The van der Waals surface area contributed by atoms with Crippen molar-refractivity contribution < 1.29 is 9.72 Å². The van der Waals surface area contributed by atoms with Crippen LogP contribution in [0.3, 0.4) is 0 Å². The number of hydrogen-bond donors (Lipinski definition) is 2. The first-order chi connectivity index (χ1) is 14.3. The van der Waals surface area contributed by atoms with E-state index in [1.165, 1.54) is 34.3 Å². The molecular formula is C20H21N5O3S2. The van der Waals surface area contributed by atoms with E-state index in [1.807, 2.05) is 0 Å². The molecule has 1 amide bonds. The van der Waals surface area contributed by atoms with E-state index < -0.39 is 4.92 Å². The molecule has 3 aromatic rings. The number of anilines is 2. The molecule has 3 N–H and O–H groups in total. The number of carbonyl (C=O) groups is 1. The largest absolute Gasteiger partial charge is 0.383 e. The average molecular weight is 444 g/mol. The number of hydrogen-bond acceptors (Lipinski definition) is 8. The van der Waals surface area contributed by atoms with E-state index in [4.69, 9.17) is 5.73 Å². The second kappa shape index (κ2) is 8.19. The first-order valence-corrected chi connectivity index (χ1v) is 11.4. The number of nitro benzene ring substituents is 1. The number of aryl methyl sites for hydroxylation is 2. The van der Waals surface area contributed by atoms with Gasteiger partial charge < -0.3 is 11.1 Å². The molecule has 156 valence electrons. The van der Waals surface area contributed by atoms with Gasteiger partial charge in [-0.3, -0.25) is 14.9 Å². The molecule has 1 unspecified atom stereocenters. The fourth-order valence-corrected chi connectivity index (χ4v) is 5.69. The Balaban J connectivity index is 1.48. The standard InChI is InChI=1S/C20H21N5O3S2/c1-10-3-6-13-15(7-10)30-19-17(13)18(21)23-20(24-19)29-9-16(26)22-14-8-12(25(27)28)5-4-11(14)2/h4-5,8,10H,3,6-7,9H2,1-2H3,(H,22,26)(H2,21,23,24). The van der Waals surface area contributed by atoms with Gasteiger partial charge in [0.25, 0.3) is 5.69 Å². The monoisotopic (exact) mass is 443 g/mol. The molecule has 0 saturated heterocycles. The van der Waals surface area contributed by atoms with E-state index in [0.29, 0.717) is 22.6 Å². The highest BCUT2D eigenvalue weighted by molar-refractivity contribution is 7.99. The third kappa shape index (κ3) is 4.10. The molecule has 1 atom stereocenters. The van der Waals surface area contributed by atoms with Crippen LogP contribution >= 0.6 is 23.1 Å². The molecule has 0 radical (unpaired) electrons. The number of rotatable bonds is 5. The van der Waals surface area contributed by atoms with Crippen LogP contribution in [0.5, 0.6) is 0 Å². The van der Waals surface area contributed by atoms with Gasteiger partial charge in [0.1, 0.15) is 10.6 Å². The predicted molar refractivity (Wildman–Crippen MR) is 120 cm³/mol. The first kappa shape index (κ1) is 20.5. The number of nitrogens with two attached hydrogens (primary N) is 1. The quantitative estimate of drug-likeness (QED) is 0.260. The third-order valence-corrected chi connectivity index (χ3v) is 7.20. The van der Waals surface area contributed by atoms with E-state index in [1.54, 1.807) is 24.3 Å². The highest BCUT2D eigenvalue weighted by atomic mass is 32.2. The third-order valence-electron chi connectivity index (χ3n) is 5.20. The van der Waals surface area contributed by atoms with Gasteiger partial charge in [0.15, 0.2) is 5.16 Å². The number of benzene rings is 1. The van der Waals surface area contributed by atoms with Gasteiger partial charge in [0.2, 0.25) is 5.91 Å². The number of fused-ring (bicyclic) bond motifs is 3. The van der Waals surface area contributed by atoms with Gasteiger partial charge in [0, 0.05) is 17.0 Å². The summed E-state index contributed by atoms with van der Waals surface area (Å²) in [6.45, 7) is 4.04. The molecule has 8 nitrogen and oxygen atoms in total. The van der Waals surface area contributed by atoms with Crippen LogP contribution in [0, 0.1) is 23.0 Å². The number of thioether (sulfide) groups is 1. The normalized spacial score (nSPS) is 15.7. The van der Waals surface area contributed by atoms with E-state index in [0.717, 1.165) is 35.0 Å². The van der Waals surface area contributed by atoms with Gasteiger partial charge in [-0.25, -0.2) is 9.97 Å². The number of non-ortho nitro benzene ring substituents is 1. The second-order valence-corrected chi connectivity index (χ2v) is 9.54. The van der Waals surface area contributed by atoms with E-state index in [9.17, 15) is 14.9 Å². The molecule has 0 spiro atoms. The summed E-state index contributed by atoms with van der Waals surface area (Å²) in [4.78, 5) is 34.1. The van der Waals surface area contributed by atoms with Crippen molar-refractivity contribution in [2.24, 2.45) is 5.92 Å². The molecule has 1 aromatic carbocycles. The Morgan fingerprint density at radius 2 is 2.23 bits per heavy atom. The molecule has 0 aliphatic heterocycles. The Bertz CT molecular complexity index is 1160. The van der Waals surface area contributed by atoms with Gasteiger partial charge in [-0.2, -0.15) is 0 Å². The maximum atomic E-state index is 12.4. The predicted octanol–water partition coefficient (Wildman–Crippen LogP) is 4.35. The Morgan fingerprint density at radius 1 is 1.43 bits per heavy atom. The smallest absolute Gasteiger partial charge is 0.271 e. The summed E-state index contributed by atoms with van der Waals surface area (Å²) in [6.07, 6.45) is 3.19. The van der Waals surface area contributed by atoms with Gasteiger partial charge in [-0.05, 0) is 43.2 Å². The molecule has 4 rings (SSSR count). The van der Waals surface area contributed by atoms with E-state index in [2.05, 4.69) is 22.2 Å². The molecule has 0 saturated carbocycles. The summed E-state index contributed by atoms with van der Waals surface area (Å²) in [5, 5.41) is 15.1. The number of nitrogen functional groups attached to an aromatic ring is 1. The summed E-state index contributed by atoms with van der Waals surface area (Å²) in [7, 11) is 0. The zero-order valence-corrected chi connectivity index (χ0v) is 18.2. The zero-order chi connectivity index (χ0) is 21.4. The Hall–Kier alpha value is -2.72. The van der Waals surface area contributed by atoms with Crippen LogP contribution in [0.2, 0.25) is 0 Å². The lowest BCUT2D eigenvalue weighted by atomic mass is 9.89. The number of nitro groups is 1. The lowest BCUT2D eigenvalue weighted by Crippen LogP contribution is -2.15. The van der Waals surface area contributed by atoms with Crippen LogP contribution in [0.4, 0.5) is 17.2 Å². The molecule has 0 bridgehead atoms. The SMILES string of the molecule is Cc1ccc([N+](=O)[O-])cc1NC(=O)CSc1nc(N)c2c3c(sc2n1)CC(C)CC3. The van der Waals surface area contributed by atoms with Crippen molar-refractivity contribution in [2.75, 3.05) is 16.8 Å². The van der Waals surface area contributed by atoms with Crippen LogP contribution in [0.25, 0.3) is 10.2 Å². The summed E-state index contributed by atoms with van der Waals surface area (Å²) >= 11 is 2.86.